The Kier molecular flexibility index (Phi) is 5.40. The second-order valence-electron chi connectivity index (χ2n) is 6.40. The van der Waals surface area contributed by atoms with Gasteiger partial charge < -0.3 is 5.32 Å². The van der Waals surface area contributed by atoms with Gasteiger partial charge in [0.1, 0.15) is 0 Å². The normalized spacial score (nSPS) is 25.7. The fraction of sp³-hybridized carbons (Fsp3) is 0.812. The van der Waals surface area contributed by atoms with E-state index in [-0.39, 0.29) is 0 Å². The summed E-state index contributed by atoms with van der Waals surface area (Å²) >= 11 is 1.81. The molecule has 1 N–H and O–H groups in total. The summed E-state index contributed by atoms with van der Waals surface area (Å²) in [7, 11) is 2.11. The summed E-state index contributed by atoms with van der Waals surface area (Å²) in [5.41, 5.74) is 1.17. The molecule has 0 saturated heterocycles. The van der Waals surface area contributed by atoms with Crippen LogP contribution in [0, 0.1) is 24.7 Å². The van der Waals surface area contributed by atoms with Gasteiger partial charge in [0.25, 0.3) is 0 Å². The standard InChI is InChI=1S/C16H28N2S/c1-11(2)13-5-7-14(8-6-13)15(17-4)9-16-18-12(3)10-19-16/h10-11,13-15,17H,5-9H2,1-4H3. The van der Waals surface area contributed by atoms with Crippen LogP contribution in [0.25, 0.3) is 0 Å². The summed E-state index contributed by atoms with van der Waals surface area (Å²) in [6.45, 7) is 6.83. The van der Waals surface area contributed by atoms with Crippen LogP contribution in [-0.2, 0) is 6.42 Å². The summed E-state index contributed by atoms with van der Waals surface area (Å²) in [6.07, 6.45) is 6.71. The highest BCUT2D eigenvalue weighted by atomic mass is 32.1. The molecule has 19 heavy (non-hydrogen) atoms. The molecule has 2 rings (SSSR count). The average Bonchev–Trinajstić information content (AvgIpc) is 2.81. The van der Waals surface area contributed by atoms with Crippen LogP contribution in [-0.4, -0.2) is 18.1 Å². The molecule has 0 radical (unpaired) electrons. The lowest BCUT2D eigenvalue weighted by Crippen LogP contribution is -2.38. The van der Waals surface area contributed by atoms with E-state index in [0.717, 1.165) is 24.2 Å². The molecule has 1 saturated carbocycles. The van der Waals surface area contributed by atoms with E-state index in [9.17, 15) is 0 Å². The molecule has 1 heterocycles. The van der Waals surface area contributed by atoms with Crippen molar-refractivity contribution in [2.75, 3.05) is 7.05 Å². The van der Waals surface area contributed by atoms with Gasteiger partial charge in [-0.25, -0.2) is 4.98 Å². The van der Waals surface area contributed by atoms with Gasteiger partial charge in [0.2, 0.25) is 0 Å². The topological polar surface area (TPSA) is 24.9 Å². The number of hydrogen-bond acceptors (Lipinski definition) is 3. The maximum Gasteiger partial charge on any atom is 0.0943 e. The Morgan fingerprint density at radius 3 is 2.37 bits per heavy atom. The zero-order chi connectivity index (χ0) is 13.8. The van der Waals surface area contributed by atoms with E-state index in [4.69, 9.17) is 0 Å². The highest BCUT2D eigenvalue weighted by molar-refractivity contribution is 7.09. The summed E-state index contributed by atoms with van der Waals surface area (Å²) in [4.78, 5) is 4.61. The number of aryl methyl sites for hydroxylation is 1. The monoisotopic (exact) mass is 280 g/mol. The van der Waals surface area contributed by atoms with E-state index < -0.39 is 0 Å². The van der Waals surface area contributed by atoms with Crippen LogP contribution in [0.15, 0.2) is 5.38 Å². The first-order valence-electron chi connectivity index (χ1n) is 7.68. The van der Waals surface area contributed by atoms with Gasteiger partial charge in [-0.15, -0.1) is 11.3 Å². The maximum absolute atomic E-state index is 4.61. The molecular weight excluding hydrogens is 252 g/mol. The number of nitrogens with one attached hydrogen (secondary N) is 1. The van der Waals surface area contributed by atoms with Crippen molar-refractivity contribution in [2.45, 2.75) is 58.9 Å². The fourth-order valence-electron chi connectivity index (χ4n) is 3.40. The highest BCUT2D eigenvalue weighted by Gasteiger charge is 2.28. The number of hydrogen-bond donors (Lipinski definition) is 1. The Morgan fingerprint density at radius 1 is 1.26 bits per heavy atom. The lowest BCUT2D eigenvalue weighted by atomic mass is 9.74. The van der Waals surface area contributed by atoms with E-state index in [0.29, 0.717) is 6.04 Å². The third-order valence-corrected chi connectivity index (χ3v) is 5.75. The molecule has 1 aromatic heterocycles. The summed E-state index contributed by atoms with van der Waals surface area (Å²) < 4.78 is 0. The van der Waals surface area contributed by atoms with Crippen LogP contribution >= 0.6 is 11.3 Å². The predicted molar refractivity (Wildman–Crippen MR) is 83.7 cm³/mol. The van der Waals surface area contributed by atoms with E-state index in [1.165, 1.54) is 36.4 Å². The van der Waals surface area contributed by atoms with Crippen molar-refractivity contribution in [2.24, 2.45) is 17.8 Å². The molecule has 0 amide bonds. The van der Waals surface area contributed by atoms with Gasteiger partial charge >= 0.3 is 0 Å². The molecule has 1 fully saturated rings. The van der Waals surface area contributed by atoms with E-state index in [1.807, 2.05) is 11.3 Å². The van der Waals surface area contributed by atoms with Crippen molar-refractivity contribution in [3.8, 4) is 0 Å². The Bertz CT molecular complexity index is 378. The molecule has 1 unspecified atom stereocenters. The van der Waals surface area contributed by atoms with Crippen molar-refractivity contribution in [1.29, 1.82) is 0 Å². The molecule has 0 bridgehead atoms. The van der Waals surface area contributed by atoms with Gasteiger partial charge in [-0.1, -0.05) is 13.8 Å². The second kappa shape index (κ2) is 6.85. The number of thiazole rings is 1. The van der Waals surface area contributed by atoms with Crippen molar-refractivity contribution in [3.05, 3.63) is 16.1 Å². The van der Waals surface area contributed by atoms with Gasteiger partial charge in [-0.3, -0.25) is 0 Å². The fourth-order valence-corrected chi connectivity index (χ4v) is 4.23. The minimum atomic E-state index is 0.610. The molecule has 3 heteroatoms. The van der Waals surface area contributed by atoms with Crippen LogP contribution in [0.1, 0.15) is 50.2 Å². The SMILES string of the molecule is CNC(Cc1nc(C)cs1)C1CCC(C(C)C)CC1. The van der Waals surface area contributed by atoms with Crippen LogP contribution < -0.4 is 5.32 Å². The largest absolute Gasteiger partial charge is 0.316 e. The third-order valence-electron chi connectivity index (χ3n) is 4.76. The smallest absolute Gasteiger partial charge is 0.0943 e. The zero-order valence-electron chi connectivity index (χ0n) is 12.8. The van der Waals surface area contributed by atoms with Crippen molar-refractivity contribution < 1.29 is 0 Å². The third kappa shape index (κ3) is 4.03. The van der Waals surface area contributed by atoms with E-state index in [2.05, 4.69) is 43.5 Å². The van der Waals surface area contributed by atoms with Gasteiger partial charge in [-0.05, 0) is 57.4 Å². The first-order chi connectivity index (χ1) is 9.10. The average molecular weight is 280 g/mol. The lowest BCUT2D eigenvalue weighted by Gasteiger charge is -2.35. The minimum absolute atomic E-state index is 0.610. The maximum atomic E-state index is 4.61. The molecule has 2 nitrogen and oxygen atoms in total. The lowest BCUT2D eigenvalue weighted by molar-refractivity contribution is 0.191. The Hall–Kier alpha value is -0.410. The van der Waals surface area contributed by atoms with E-state index >= 15 is 0 Å². The molecule has 1 aromatic rings. The number of aromatic nitrogens is 1. The van der Waals surface area contributed by atoms with Crippen molar-refractivity contribution in [3.63, 3.8) is 0 Å². The molecule has 1 atom stereocenters. The second-order valence-corrected chi connectivity index (χ2v) is 7.34. The van der Waals surface area contributed by atoms with E-state index in [1.54, 1.807) is 0 Å². The molecule has 1 aliphatic rings. The highest BCUT2D eigenvalue weighted by Crippen LogP contribution is 2.35. The minimum Gasteiger partial charge on any atom is -0.316 e. The first kappa shape index (κ1) is 15.0. The number of likely N-dealkylation sites (N-methyl/N-ethyl adjacent to an activating group) is 1. The summed E-state index contributed by atoms with van der Waals surface area (Å²) in [5, 5.41) is 7.00. The Labute approximate surface area is 122 Å². The predicted octanol–water partition coefficient (Wildman–Crippen LogP) is 4.04. The van der Waals surface area contributed by atoms with Gasteiger partial charge in [-0.2, -0.15) is 0 Å². The van der Waals surface area contributed by atoms with Crippen molar-refractivity contribution >= 4 is 11.3 Å². The Morgan fingerprint density at radius 2 is 1.89 bits per heavy atom. The summed E-state index contributed by atoms with van der Waals surface area (Å²) in [5.74, 6) is 2.65. The van der Waals surface area contributed by atoms with Crippen LogP contribution in [0.4, 0.5) is 0 Å². The first-order valence-corrected chi connectivity index (χ1v) is 8.56. The molecular formula is C16H28N2S. The van der Waals surface area contributed by atoms with Crippen molar-refractivity contribution in [1.82, 2.24) is 10.3 Å². The van der Waals surface area contributed by atoms with Gasteiger partial charge in [0.05, 0.1) is 5.01 Å². The van der Waals surface area contributed by atoms with Crippen LogP contribution in [0.2, 0.25) is 0 Å². The quantitative estimate of drug-likeness (QED) is 0.880. The molecule has 1 aliphatic carbocycles. The van der Waals surface area contributed by atoms with Gasteiger partial charge in [0, 0.05) is 23.5 Å². The Balaban J connectivity index is 1.88. The van der Waals surface area contributed by atoms with Crippen LogP contribution in [0.3, 0.4) is 0 Å². The molecule has 0 aromatic carbocycles. The van der Waals surface area contributed by atoms with Crippen LogP contribution in [0.5, 0.6) is 0 Å². The summed E-state index contributed by atoms with van der Waals surface area (Å²) in [6, 6.07) is 0.610. The molecule has 0 spiro atoms. The zero-order valence-corrected chi connectivity index (χ0v) is 13.6. The molecule has 0 aliphatic heterocycles. The molecule has 108 valence electrons. The number of rotatable bonds is 5. The van der Waals surface area contributed by atoms with Gasteiger partial charge in [0.15, 0.2) is 0 Å². The number of nitrogens with zero attached hydrogens (tertiary/aromatic N) is 1.